The molecule has 2 heteroatoms. The minimum Gasteiger partial charge on any atom is -0.368 e. The van der Waals surface area contributed by atoms with E-state index in [2.05, 4.69) is 31.3 Å². The molecule has 74 valence electrons. The van der Waals surface area contributed by atoms with Crippen molar-refractivity contribution in [1.29, 1.82) is 5.26 Å². The topological polar surface area (TPSA) is 35.8 Å². The Bertz CT molecular complexity index is 352. The van der Waals surface area contributed by atoms with Crippen LogP contribution >= 0.6 is 0 Å². The summed E-state index contributed by atoms with van der Waals surface area (Å²) in [7, 11) is 0. The molecule has 0 radical (unpaired) electrons. The molecule has 0 aliphatic carbocycles. The van der Waals surface area contributed by atoms with Gasteiger partial charge in [0.25, 0.3) is 0 Å². The van der Waals surface area contributed by atoms with Gasteiger partial charge in [0.1, 0.15) is 5.54 Å². The molecule has 0 heterocycles. The predicted molar refractivity (Wildman–Crippen MR) is 59.2 cm³/mol. The largest absolute Gasteiger partial charge is 0.368 e. The van der Waals surface area contributed by atoms with Crippen LogP contribution in [0.4, 0.5) is 5.69 Å². The summed E-state index contributed by atoms with van der Waals surface area (Å²) in [6.07, 6.45) is 0. The summed E-state index contributed by atoms with van der Waals surface area (Å²) in [5.41, 5.74) is 2.91. The molecule has 0 fully saturated rings. The van der Waals surface area contributed by atoms with Crippen molar-refractivity contribution >= 4 is 5.69 Å². The lowest BCUT2D eigenvalue weighted by atomic mass is 10.1. The van der Waals surface area contributed by atoms with E-state index in [1.54, 1.807) is 0 Å². The van der Waals surface area contributed by atoms with Crippen molar-refractivity contribution in [2.45, 2.75) is 33.2 Å². The van der Waals surface area contributed by atoms with Gasteiger partial charge < -0.3 is 5.32 Å². The van der Waals surface area contributed by atoms with E-state index in [1.165, 1.54) is 11.1 Å². The maximum atomic E-state index is 8.88. The minimum atomic E-state index is -0.514. The molecule has 0 unspecified atom stereocenters. The van der Waals surface area contributed by atoms with Crippen molar-refractivity contribution < 1.29 is 0 Å². The quantitative estimate of drug-likeness (QED) is 0.774. The third-order valence-electron chi connectivity index (χ3n) is 1.96. The van der Waals surface area contributed by atoms with Gasteiger partial charge >= 0.3 is 0 Å². The Morgan fingerprint density at radius 1 is 1.14 bits per heavy atom. The van der Waals surface area contributed by atoms with Gasteiger partial charge in [0.15, 0.2) is 0 Å². The molecular weight excluding hydrogens is 172 g/mol. The number of rotatable bonds is 2. The van der Waals surface area contributed by atoms with Gasteiger partial charge in [-0.1, -0.05) is 6.07 Å². The average molecular weight is 188 g/mol. The van der Waals surface area contributed by atoms with E-state index >= 15 is 0 Å². The fourth-order valence-corrected chi connectivity index (χ4v) is 1.44. The highest BCUT2D eigenvalue weighted by Gasteiger charge is 2.15. The Morgan fingerprint density at radius 3 is 2.07 bits per heavy atom. The highest BCUT2D eigenvalue weighted by atomic mass is 15.0. The monoisotopic (exact) mass is 188 g/mol. The van der Waals surface area contributed by atoms with Gasteiger partial charge in [-0.2, -0.15) is 5.26 Å². The Morgan fingerprint density at radius 2 is 1.64 bits per heavy atom. The first-order valence-electron chi connectivity index (χ1n) is 4.71. The summed E-state index contributed by atoms with van der Waals surface area (Å²) in [6.45, 7) is 7.84. The molecule has 0 bridgehead atoms. The summed E-state index contributed by atoms with van der Waals surface area (Å²) < 4.78 is 0. The molecule has 0 aromatic heterocycles. The molecule has 0 atom stereocenters. The summed E-state index contributed by atoms with van der Waals surface area (Å²) in [6, 6.07) is 8.43. The first-order valence-corrected chi connectivity index (χ1v) is 4.71. The van der Waals surface area contributed by atoms with Gasteiger partial charge in [-0.25, -0.2) is 0 Å². The van der Waals surface area contributed by atoms with Crippen molar-refractivity contribution in [3.05, 3.63) is 29.3 Å². The molecule has 2 nitrogen and oxygen atoms in total. The van der Waals surface area contributed by atoms with Crippen LogP contribution < -0.4 is 5.32 Å². The fourth-order valence-electron chi connectivity index (χ4n) is 1.44. The zero-order valence-corrected chi connectivity index (χ0v) is 9.18. The third-order valence-corrected chi connectivity index (χ3v) is 1.96. The van der Waals surface area contributed by atoms with E-state index < -0.39 is 5.54 Å². The van der Waals surface area contributed by atoms with Crippen LogP contribution in [0.25, 0.3) is 0 Å². The number of anilines is 1. The molecule has 1 rings (SSSR count). The highest BCUT2D eigenvalue weighted by molar-refractivity contribution is 5.51. The fraction of sp³-hybridized carbons (Fsp3) is 0.417. The molecule has 0 spiro atoms. The van der Waals surface area contributed by atoms with Crippen molar-refractivity contribution in [2.24, 2.45) is 0 Å². The van der Waals surface area contributed by atoms with Crippen molar-refractivity contribution in [3.63, 3.8) is 0 Å². The number of hydrogen-bond acceptors (Lipinski definition) is 2. The summed E-state index contributed by atoms with van der Waals surface area (Å²) >= 11 is 0. The maximum Gasteiger partial charge on any atom is 0.119 e. The molecule has 0 saturated carbocycles. The van der Waals surface area contributed by atoms with Gasteiger partial charge in [0, 0.05) is 5.69 Å². The van der Waals surface area contributed by atoms with Crippen LogP contribution in [0.3, 0.4) is 0 Å². The molecule has 1 aromatic carbocycles. The first-order chi connectivity index (χ1) is 6.43. The third kappa shape index (κ3) is 2.77. The van der Waals surface area contributed by atoms with E-state index in [-0.39, 0.29) is 0 Å². The smallest absolute Gasteiger partial charge is 0.119 e. The van der Waals surface area contributed by atoms with Gasteiger partial charge in [-0.15, -0.1) is 0 Å². The number of nitrogens with zero attached hydrogens (tertiary/aromatic N) is 1. The maximum absolute atomic E-state index is 8.88. The first kappa shape index (κ1) is 10.6. The molecule has 0 saturated heterocycles. The Kier molecular flexibility index (Phi) is 2.81. The normalized spacial score (nSPS) is 10.8. The summed E-state index contributed by atoms with van der Waals surface area (Å²) in [4.78, 5) is 0. The zero-order chi connectivity index (χ0) is 10.8. The second-order valence-corrected chi connectivity index (χ2v) is 4.24. The number of nitriles is 1. The minimum absolute atomic E-state index is 0.514. The number of benzene rings is 1. The Balaban J connectivity index is 2.94. The van der Waals surface area contributed by atoms with Crippen molar-refractivity contribution in [1.82, 2.24) is 0 Å². The molecule has 0 aliphatic heterocycles. The van der Waals surface area contributed by atoms with Crippen LogP contribution in [-0.4, -0.2) is 5.54 Å². The predicted octanol–water partition coefficient (Wildman–Crippen LogP) is 3.02. The second kappa shape index (κ2) is 3.71. The lowest BCUT2D eigenvalue weighted by molar-refractivity contribution is 0.728. The SMILES string of the molecule is Cc1cc(C)cc(NC(C)(C)C#N)c1. The summed E-state index contributed by atoms with van der Waals surface area (Å²) in [5, 5.41) is 12.1. The van der Waals surface area contributed by atoms with E-state index in [0.29, 0.717) is 0 Å². The van der Waals surface area contributed by atoms with Crippen molar-refractivity contribution in [3.8, 4) is 6.07 Å². The molecule has 0 aliphatic rings. The van der Waals surface area contributed by atoms with Crippen LogP contribution in [-0.2, 0) is 0 Å². The van der Waals surface area contributed by atoms with E-state index in [9.17, 15) is 0 Å². The van der Waals surface area contributed by atoms with Crippen LogP contribution in [0, 0.1) is 25.2 Å². The highest BCUT2D eigenvalue weighted by Crippen LogP contribution is 2.17. The molecule has 14 heavy (non-hydrogen) atoms. The van der Waals surface area contributed by atoms with Gasteiger partial charge in [0.2, 0.25) is 0 Å². The summed E-state index contributed by atoms with van der Waals surface area (Å²) in [5.74, 6) is 0. The molecular formula is C12H16N2. The van der Waals surface area contributed by atoms with Gasteiger partial charge in [-0.3, -0.25) is 0 Å². The van der Waals surface area contributed by atoms with Crippen LogP contribution in [0.2, 0.25) is 0 Å². The zero-order valence-electron chi connectivity index (χ0n) is 9.18. The number of aryl methyl sites for hydroxylation is 2. The Hall–Kier alpha value is -1.49. The number of nitrogens with one attached hydrogen (secondary N) is 1. The van der Waals surface area contributed by atoms with Gasteiger partial charge in [0.05, 0.1) is 6.07 Å². The van der Waals surface area contributed by atoms with Crippen molar-refractivity contribution in [2.75, 3.05) is 5.32 Å². The van der Waals surface area contributed by atoms with Crippen LogP contribution in [0.15, 0.2) is 18.2 Å². The average Bonchev–Trinajstić information content (AvgIpc) is 2.01. The lowest BCUT2D eigenvalue weighted by Gasteiger charge is -2.19. The second-order valence-electron chi connectivity index (χ2n) is 4.24. The Labute approximate surface area is 85.6 Å². The molecule has 1 N–H and O–H groups in total. The standard InChI is InChI=1S/C12H16N2/c1-9-5-10(2)7-11(6-9)14-12(3,4)8-13/h5-7,14H,1-4H3. The lowest BCUT2D eigenvalue weighted by Crippen LogP contribution is -2.28. The molecule has 1 aromatic rings. The number of hydrogen-bond donors (Lipinski definition) is 1. The van der Waals surface area contributed by atoms with E-state index in [4.69, 9.17) is 5.26 Å². The van der Waals surface area contributed by atoms with Gasteiger partial charge in [-0.05, 0) is 51.0 Å². The van der Waals surface area contributed by atoms with Crippen LogP contribution in [0.5, 0.6) is 0 Å². The van der Waals surface area contributed by atoms with E-state index in [1.807, 2.05) is 26.0 Å². The van der Waals surface area contributed by atoms with E-state index in [0.717, 1.165) is 5.69 Å². The molecule has 0 amide bonds. The van der Waals surface area contributed by atoms with Crippen LogP contribution in [0.1, 0.15) is 25.0 Å².